The van der Waals surface area contributed by atoms with E-state index in [0.29, 0.717) is 35.8 Å². The fraction of sp³-hybridized carbons (Fsp3) is 0.905. The summed E-state index contributed by atoms with van der Waals surface area (Å²) in [4.78, 5) is 28.8. The third-order valence-electron chi connectivity index (χ3n) is 7.71. The van der Waals surface area contributed by atoms with E-state index in [1.165, 1.54) is 12.8 Å². The molecule has 1 N–H and O–H groups in total. The minimum atomic E-state index is -0.140. The number of rotatable bonds is 3. The summed E-state index contributed by atoms with van der Waals surface area (Å²) in [7, 11) is 0. The quantitative estimate of drug-likeness (QED) is 0.821. The lowest BCUT2D eigenvalue weighted by atomic mass is 9.64. The first kappa shape index (κ1) is 19.0. The Morgan fingerprint density at radius 3 is 2.63 bits per heavy atom. The smallest absolute Gasteiger partial charge is 0.409 e. The van der Waals surface area contributed by atoms with Crippen molar-refractivity contribution in [1.82, 2.24) is 15.1 Å². The zero-order valence-electron chi connectivity index (χ0n) is 16.9. The summed E-state index contributed by atoms with van der Waals surface area (Å²) in [5, 5.41) is 3.08. The van der Waals surface area contributed by atoms with E-state index in [9.17, 15) is 9.59 Å². The topological polar surface area (TPSA) is 61.9 Å². The highest BCUT2D eigenvalue weighted by Gasteiger charge is 2.51. The first-order valence-corrected chi connectivity index (χ1v) is 10.9. The molecule has 2 amide bonds. The third-order valence-corrected chi connectivity index (χ3v) is 7.71. The molecule has 0 aromatic heterocycles. The van der Waals surface area contributed by atoms with Gasteiger partial charge in [0.2, 0.25) is 5.91 Å². The van der Waals surface area contributed by atoms with Crippen molar-refractivity contribution < 1.29 is 14.3 Å². The molecule has 6 heteroatoms. The van der Waals surface area contributed by atoms with Crippen LogP contribution < -0.4 is 5.32 Å². The molecular formula is C21H35N3O3. The number of piperidine rings is 2. The number of likely N-dealkylation sites (tertiary alicyclic amines) is 2. The lowest BCUT2D eigenvalue weighted by Gasteiger charge is -2.52. The Labute approximate surface area is 163 Å². The van der Waals surface area contributed by atoms with Crippen molar-refractivity contribution in [3.8, 4) is 0 Å². The average molecular weight is 378 g/mol. The molecule has 1 aliphatic carbocycles. The van der Waals surface area contributed by atoms with Crippen LogP contribution >= 0.6 is 0 Å². The molecule has 0 aromatic rings. The van der Waals surface area contributed by atoms with Crippen molar-refractivity contribution in [3.63, 3.8) is 0 Å². The van der Waals surface area contributed by atoms with Crippen LogP contribution in [0.15, 0.2) is 0 Å². The van der Waals surface area contributed by atoms with Crippen LogP contribution in [-0.4, -0.2) is 67.2 Å². The standard InChI is InChI=1S/C21H35N3O3/c1-3-27-20(26)24-11-7-21(14-24)12-17(13-21)23-9-5-16(6-10-23)18-15(2)4-8-22-19(18)25/h15-18H,3-14H2,1-2H3,(H,22,25). The van der Waals surface area contributed by atoms with Gasteiger partial charge in [0, 0.05) is 31.6 Å². The highest BCUT2D eigenvalue weighted by atomic mass is 16.6. The van der Waals surface area contributed by atoms with Gasteiger partial charge in [-0.15, -0.1) is 0 Å². The molecule has 4 rings (SSSR count). The maximum absolute atomic E-state index is 12.3. The van der Waals surface area contributed by atoms with Gasteiger partial charge in [-0.1, -0.05) is 6.92 Å². The van der Waals surface area contributed by atoms with Gasteiger partial charge in [-0.05, 0) is 75.8 Å². The molecule has 3 heterocycles. The summed E-state index contributed by atoms with van der Waals surface area (Å²) in [6, 6.07) is 0.672. The van der Waals surface area contributed by atoms with E-state index in [-0.39, 0.29) is 12.0 Å². The molecule has 0 aromatic carbocycles. The second-order valence-corrected chi connectivity index (χ2v) is 9.39. The Kier molecular flexibility index (Phi) is 5.36. The van der Waals surface area contributed by atoms with E-state index in [2.05, 4.69) is 17.1 Å². The summed E-state index contributed by atoms with van der Waals surface area (Å²) in [5.74, 6) is 1.59. The zero-order chi connectivity index (χ0) is 19.0. The predicted molar refractivity (Wildman–Crippen MR) is 103 cm³/mol. The normalized spacial score (nSPS) is 37.9. The van der Waals surface area contributed by atoms with Crippen LogP contribution in [0.4, 0.5) is 4.79 Å². The van der Waals surface area contributed by atoms with Crippen LogP contribution in [0.2, 0.25) is 0 Å². The summed E-state index contributed by atoms with van der Waals surface area (Å²) in [5.41, 5.74) is 0.339. The van der Waals surface area contributed by atoms with Crippen molar-refractivity contribution >= 4 is 12.0 Å². The molecule has 4 fully saturated rings. The van der Waals surface area contributed by atoms with Crippen molar-refractivity contribution in [2.45, 2.75) is 58.4 Å². The highest BCUT2D eigenvalue weighted by molar-refractivity contribution is 5.80. The van der Waals surface area contributed by atoms with Gasteiger partial charge in [-0.2, -0.15) is 0 Å². The van der Waals surface area contributed by atoms with E-state index in [1.54, 1.807) is 0 Å². The lowest BCUT2D eigenvalue weighted by molar-refractivity contribution is -0.132. The largest absolute Gasteiger partial charge is 0.450 e. The molecule has 3 aliphatic heterocycles. The van der Waals surface area contributed by atoms with Gasteiger partial charge in [0.25, 0.3) is 0 Å². The molecule has 0 bridgehead atoms. The Morgan fingerprint density at radius 1 is 1.22 bits per heavy atom. The van der Waals surface area contributed by atoms with Crippen LogP contribution in [0.5, 0.6) is 0 Å². The molecule has 4 aliphatic rings. The van der Waals surface area contributed by atoms with Crippen molar-refractivity contribution in [2.75, 3.05) is 39.3 Å². The first-order chi connectivity index (χ1) is 13.0. The van der Waals surface area contributed by atoms with Gasteiger partial charge in [0.05, 0.1) is 6.61 Å². The number of nitrogens with one attached hydrogen (secondary N) is 1. The van der Waals surface area contributed by atoms with Gasteiger partial charge in [0.15, 0.2) is 0 Å². The fourth-order valence-electron chi connectivity index (χ4n) is 6.14. The first-order valence-electron chi connectivity index (χ1n) is 10.9. The Balaban J connectivity index is 1.24. The molecule has 0 radical (unpaired) electrons. The second-order valence-electron chi connectivity index (χ2n) is 9.39. The molecule has 2 atom stereocenters. The minimum Gasteiger partial charge on any atom is -0.450 e. The van der Waals surface area contributed by atoms with E-state index >= 15 is 0 Å². The maximum atomic E-state index is 12.3. The Morgan fingerprint density at radius 2 is 1.96 bits per heavy atom. The molecule has 3 saturated heterocycles. The summed E-state index contributed by atoms with van der Waals surface area (Å²) in [6.07, 6.45) is 6.85. The number of ether oxygens (including phenoxy) is 1. The van der Waals surface area contributed by atoms with Gasteiger partial charge >= 0.3 is 6.09 Å². The molecule has 6 nitrogen and oxygen atoms in total. The molecule has 1 spiro atoms. The zero-order valence-corrected chi connectivity index (χ0v) is 16.9. The van der Waals surface area contributed by atoms with Gasteiger partial charge in [-0.25, -0.2) is 4.79 Å². The predicted octanol–water partition coefficient (Wildman–Crippen LogP) is 2.48. The number of hydrogen-bond acceptors (Lipinski definition) is 4. The van der Waals surface area contributed by atoms with E-state index in [4.69, 9.17) is 4.74 Å². The van der Waals surface area contributed by atoms with Crippen LogP contribution in [-0.2, 0) is 9.53 Å². The number of amides is 2. The summed E-state index contributed by atoms with van der Waals surface area (Å²) >= 11 is 0. The van der Waals surface area contributed by atoms with Crippen LogP contribution in [0.1, 0.15) is 52.4 Å². The number of nitrogens with zero attached hydrogens (tertiary/aromatic N) is 2. The fourth-order valence-corrected chi connectivity index (χ4v) is 6.14. The summed E-state index contributed by atoms with van der Waals surface area (Å²) < 4.78 is 5.16. The number of hydrogen-bond donors (Lipinski definition) is 1. The van der Waals surface area contributed by atoms with Crippen molar-refractivity contribution in [1.29, 1.82) is 0 Å². The van der Waals surface area contributed by atoms with Crippen molar-refractivity contribution in [3.05, 3.63) is 0 Å². The monoisotopic (exact) mass is 377 g/mol. The Hall–Kier alpha value is -1.30. The van der Waals surface area contributed by atoms with Crippen LogP contribution in [0, 0.1) is 23.2 Å². The lowest BCUT2D eigenvalue weighted by Crippen LogP contribution is -2.55. The molecule has 1 saturated carbocycles. The SMILES string of the molecule is CCOC(=O)N1CCC2(CC(N3CCC(C4C(=O)NCCC4C)CC3)C2)C1. The van der Waals surface area contributed by atoms with E-state index < -0.39 is 0 Å². The third kappa shape index (κ3) is 3.69. The maximum Gasteiger partial charge on any atom is 0.409 e. The highest BCUT2D eigenvalue weighted by Crippen LogP contribution is 2.51. The van der Waals surface area contributed by atoms with Gasteiger partial charge < -0.3 is 19.9 Å². The molecule has 2 unspecified atom stereocenters. The van der Waals surface area contributed by atoms with Gasteiger partial charge in [0.1, 0.15) is 0 Å². The average Bonchev–Trinajstić information content (AvgIpc) is 3.07. The number of carbonyl (C=O) groups excluding carboxylic acids is 2. The van der Waals surface area contributed by atoms with Gasteiger partial charge in [-0.3, -0.25) is 4.79 Å². The van der Waals surface area contributed by atoms with Crippen molar-refractivity contribution in [2.24, 2.45) is 23.2 Å². The van der Waals surface area contributed by atoms with Crippen LogP contribution in [0.25, 0.3) is 0 Å². The second kappa shape index (κ2) is 7.61. The molecule has 27 heavy (non-hydrogen) atoms. The number of carbonyl (C=O) groups is 2. The van der Waals surface area contributed by atoms with E-state index in [1.807, 2.05) is 11.8 Å². The summed E-state index contributed by atoms with van der Waals surface area (Å²) in [6.45, 7) is 9.40. The minimum absolute atomic E-state index is 0.140. The van der Waals surface area contributed by atoms with E-state index in [0.717, 1.165) is 58.4 Å². The molecule has 152 valence electrons. The molecular weight excluding hydrogens is 342 g/mol. The van der Waals surface area contributed by atoms with Crippen LogP contribution in [0.3, 0.4) is 0 Å². The Bertz CT molecular complexity index is 567.